The van der Waals surface area contributed by atoms with E-state index in [0.29, 0.717) is 12.5 Å². The van der Waals surface area contributed by atoms with Crippen molar-refractivity contribution in [2.75, 3.05) is 13.1 Å². The van der Waals surface area contributed by atoms with E-state index in [9.17, 15) is 4.79 Å². The molecular formula is C16H19NO. The van der Waals surface area contributed by atoms with Crippen LogP contribution in [0.2, 0.25) is 0 Å². The smallest absolute Gasteiger partial charge is 0.254 e. The van der Waals surface area contributed by atoms with Crippen LogP contribution in [0.15, 0.2) is 18.2 Å². The molecule has 0 radical (unpaired) electrons. The van der Waals surface area contributed by atoms with Gasteiger partial charge < -0.3 is 4.90 Å². The predicted molar refractivity (Wildman–Crippen MR) is 73.4 cm³/mol. The molecule has 1 aromatic rings. The number of aryl methyl sites for hydroxylation is 1. The Morgan fingerprint density at radius 2 is 2.17 bits per heavy atom. The number of nitrogens with zero attached hydrogens (tertiary/aromatic N) is 1. The largest absolute Gasteiger partial charge is 0.327 e. The van der Waals surface area contributed by atoms with Crippen molar-refractivity contribution >= 4 is 5.91 Å². The zero-order valence-electron chi connectivity index (χ0n) is 11.1. The van der Waals surface area contributed by atoms with Crippen LogP contribution in [-0.4, -0.2) is 23.9 Å². The molecule has 1 aliphatic rings. The van der Waals surface area contributed by atoms with Gasteiger partial charge in [0.25, 0.3) is 5.91 Å². The van der Waals surface area contributed by atoms with Crippen molar-refractivity contribution in [2.45, 2.75) is 26.7 Å². The van der Waals surface area contributed by atoms with Crippen LogP contribution < -0.4 is 0 Å². The van der Waals surface area contributed by atoms with Gasteiger partial charge in [0.2, 0.25) is 0 Å². The first kappa shape index (κ1) is 12.7. The molecule has 18 heavy (non-hydrogen) atoms. The molecule has 2 rings (SSSR count). The number of carbonyl (C=O) groups excluding carboxylic acids is 1. The second kappa shape index (κ2) is 5.27. The minimum atomic E-state index is 0.0704. The Bertz CT molecular complexity index is 494. The molecule has 1 aromatic carbocycles. The van der Waals surface area contributed by atoms with Crippen molar-refractivity contribution in [3.8, 4) is 12.3 Å². The summed E-state index contributed by atoms with van der Waals surface area (Å²) < 4.78 is 0. The van der Waals surface area contributed by atoms with Gasteiger partial charge in [-0.1, -0.05) is 18.1 Å². The van der Waals surface area contributed by atoms with Gasteiger partial charge in [0.1, 0.15) is 0 Å². The van der Waals surface area contributed by atoms with E-state index in [0.717, 1.165) is 23.2 Å². The van der Waals surface area contributed by atoms with Gasteiger partial charge in [-0.05, 0) is 49.8 Å². The molecule has 0 heterocycles. The Balaban J connectivity index is 2.21. The number of benzene rings is 1. The minimum Gasteiger partial charge on any atom is -0.327 e. The van der Waals surface area contributed by atoms with Crippen molar-refractivity contribution < 1.29 is 4.79 Å². The fraction of sp³-hybridized carbons (Fsp3) is 0.438. The average molecular weight is 241 g/mol. The number of rotatable bonds is 4. The number of hydrogen-bond acceptors (Lipinski definition) is 1. The third kappa shape index (κ3) is 2.73. The number of carbonyl (C=O) groups is 1. The minimum absolute atomic E-state index is 0.0704. The van der Waals surface area contributed by atoms with E-state index in [1.807, 2.05) is 32.0 Å². The molecule has 0 bridgehead atoms. The van der Waals surface area contributed by atoms with Gasteiger partial charge in [-0.15, -0.1) is 6.42 Å². The van der Waals surface area contributed by atoms with Crippen molar-refractivity contribution in [3.63, 3.8) is 0 Å². The molecular weight excluding hydrogens is 222 g/mol. The molecule has 2 nitrogen and oxygen atoms in total. The van der Waals surface area contributed by atoms with E-state index in [1.165, 1.54) is 12.8 Å². The van der Waals surface area contributed by atoms with E-state index in [4.69, 9.17) is 6.42 Å². The van der Waals surface area contributed by atoms with E-state index >= 15 is 0 Å². The van der Waals surface area contributed by atoms with Crippen LogP contribution in [0.4, 0.5) is 0 Å². The van der Waals surface area contributed by atoms with Gasteiger partial charge in [-0.25, -0.2) is 0 Å². The predicted octanol–water partition coefficient (Wildman–Crippen LogP) is 2.79. The molecule has 0 aliphatic heterocycles. The molecule has 1 amide bonds. The molecule has 0 spiro atoms. The Morgan fingerprint density at radius 1 is 1.44 bits per heavy atom. The summed E-state index contributed by atoms with van der Waals surface area (Å²) in [7, 11) is 0. The molecule has 0 saturated heterocycles. The first-order valence-electron chi connectivity index (χ1n) is 6.42. The van der Waals surface area contributed by atoms with Crippen LogP contribution in [0.3, 0.4) is 0 Å². The van der Waals surface area contributed by atoms with E-state index in [1.54, 1.807) is 4.90 Å². The maximum Gasteiger partial charge on any atom is 0.254 e. The lowest BCUT2D eigenvalue weighted by Gasteiger charge is -2.21. The lowest BCUT2D eigenvalue weighted by atomic mass is 10.0. The molecule has 1 saturated carbocycles. The summed E-state index contributed by atoms with van der Waals surface area (Å²) in [5.41, 5.74) is 2.99. The van der Waals surface area contributed by atoms with Crippen LogP contribution in [0.1, 0.15) is 34.3 Å². The molecule has 2 heteroatoms. The van der Waals surface area contributed by atoms with Gasteiger partial charge in [0.05, 0.1) is 6.54 Å². The lowest BCUT2D eigenvalue weighted by molar-refractivity contribution is 0.0769. The fourth-order valence-corrected chi connectivity index (χ4v) is 2.09. The summed E-state index contributed by atoms with van der Waals surface area (Å²) in [5, 5.41) is 0. The fourth-order valence-electron chi connectivity index (χ4n) is 2.09. The first-order valence-corrected chi connectivity index (χ1v) is 6.42. The molecule has 0 N–H and O–H groups in total. The molecule has 1 fully saturated rings. The average Bonchev–Trinajstić information content (AvgIpc) is 3.15. The van der Waals surface area contributed by atoms with Crippen molar-refractivity contribution in [1.82, 2.24) is 4.90 Å². The standard InChI is InChI=1S/C16H19NO/c1-4-10-17(11-14-8-9-14)16(18)15-7-5-6-12(2)13(15)3/h1,5-7,14H,8-11H2,2-3H3. The van der Waals surface area contributed by atoms with E-state index in [-0.39, 0.29) is 5.91 Å². The summed E-state index contributed by atoms with van der Waals surface area (Å²) in [5.74, 6) is 3.32. The highest BCUT2D eigenvalue weighted by atomic mass is 16.2. The third-order valence-electron chi connectivity index (χ3n) is 3.58. The molecule has 94 valence electrons. The van der Waals surface area contributed by atoms with Crippen molar-refractivity contribution in [2.24, 2.45) is 5.92 Å². The summed E-state index contributed by atoms with van der Waals surface area (Å²) in [6.07, 6.45) is 7.81. The maximum atomic E-state index is 12.5. The highest BCUT2D eigenvalue weighted by molar-refractivity contribution is 5.96. The Kier molecular flexibility index (Phi) is 3.72. The third-order valence-corrected chi connectivity index (χ3v) is 3.58. The topological polar surface area (TPSA) is 20.3 Å². The maximum absolute atomic E-state index is 12.5. The van der Waals surface area contributed by atoms with Crippen LogP contribution in [0, 0.1) is 32.1 Å². The SMILES string of the molecule is C#CCN(CC1CC1)C(=O)c1cccc(C)c1C. The van der Waals surface area contributed by atoms with Gasteiger partial charge in [0.15, 0.2) is 0 Å². The van der Waals surface area contributed by atoms with Crippen molar-refractivity contribution in [1.29, 1.82) is 0 Å². The summed E-state index contributed by atoms with van der Waals surface area (Å²) in [4.78, 5) is 14.3. The van der Waals surface area contributed by atoms with E-state index in [2.05, 4.69) is 5.92 Å². The Hall–Kier alpha value is -1.75. The lowest BCUT2D eigenvalue weighted by Crippen LogP contribution is -2.33. The zero-order valence-corrected chi connectivity index (χ0v) is 11.1. The second-order valence-electron chi connectivity index (χ2n) is 5.08. The quantitative estimate of drug-likeness (QED) is 0.742. The summed E-state index contributed by atoms with van der Waals surface area (Å²) in [6.45, 7) is 5.23. The van der Waals surface area contributed by atoms with Crippen LogP contribution in [-0.2, 0) is 0 Å². The van der Waals surface area contributed by atoms with Gasteiger partial charge in [-0.2, -0.15) is 0 Å². The summed E-state index contributed by atoms with van der Waals surface area (Å²) >= 11 is 0. The van der Waals surface area contributed by atoms with Crippen LogP contribution in [0.5, 0.6) is 0 Å². The molecule has 1 aliphatic carbocycles. The Labute approximate surface area is 109 Å². The number of amides is 1. The van der Waals surface area contributed by atoms with Gasteiger partial charge in [-0.3, -0.25) is 4.79 Å². The highest BCUT2D eigenvalue weighted by Gasteiger charge is 2.27. The monoisotopic (exact) mass is 241 g/mol. The van der Waals surface area contributed by atoms with Crippen LogP contribution >= 0.6 is 0 Å². The van der Waals surface area contributed by atoms with Gasteiger partial charge in [0, 0.05) is 12.1 Å². The molecule has 0 atom stereocenters. The molecule has 0 unspecified atom stereocenters. The molecule has 0 aromatic heterocycles. The Morgan fingerprint density at radius 3 is 2.78 bits per heavy atom. The number of hydrogen-bond donors (Lipinski definition) is 0. The van der Waals surface area contributed by atoms with Crippen LogP contribution in [0.25, 0.3) is 0 Å². The number of terminal acetylenes is 1. The normalized spacial score (nSPS) is 14.1. The van der Waals surface area contributed by atoms with E-state index < -0.39 is 0 Å². The zero-order chi connectivity index (χ0) is 13.1. The highest BCUT2D eigenvalue weighted by Crippen LogP contribution is 2.30. The second-order valence-corrected chi connectivity index (χ2v) is 5.08. The summed E-state index contributed by atoms with van der Waals surface area (Å²) in [6, 6.07) is 5.85. The van der Waals surface area contributed by atoms with Crippen molar-refractivity contribution in [3.05, 3.63) is 34.9 Å². The first-order chi connectivity index (χ1) is 8.63. The van der Waals surface area contributed by atoms with Gasteiger partial charge >= 0.3 is 0 Å².